The highest BCUT2D eigenvalue weighted by molar-refractivity contribution is 5.71. The lowest BCUT2D eigenvalue weighted by atomic mass is 10.1. The van der Waals surface area contributed by atoms with Gasteiger partial charge >= 0.3 is 0 Å². The minimum atomic E-state index is 0.753. The van der Waals surface area contributed by atoms with Crippen LogP contribution in [0.15, 0.2) is 30.7 Å². The zero-order valence-electron chi connectivity index (χ0n) is 8.54. The average molecular weight is 189 g/mol. The maximum atomic E-state index is 5.62. The average Bonchev–Trinajstić information content (AvgIpc) is 2.16. The summed E-state index contributed by atoms with van der Waals surface area (Å²) < 4.78 is 0. The maximum absolute atomic E-state index is 5.62. The molecule has 0 fully saturated rings. The van der Waals surface area contributed by atoms with Crippen LogP contribution in [0.1, 0.15) is 18.1 Å². The van der Waals surface area contributed by atoms with Crippen molar-refractivity contribution in [1.29, 1.82) is 0 Å². The summed E-state index contributed by atoms with van der Waals surface area (Å²) in [5, 5.41) is 3.00. The van der Waals surface area contributed by atoms with Crippen molar-refractivity contribution in [3.8, 4) is 0 Å². The van der Waals surface area contributed by atoms with E-state index in [9.17, 15) is 0 Å². The van der Waals surface area contributed by atoms with Crippen molar-refractivity contribution in [1.82, 2.24) is 10.3 Å². The number of nitrogens with zero attached hydrogens (tertiary/aromatic N) is 1. The molecule has 74 valence electrons. The largest absolute Gasteiger partial charge is 0.402 e. The lowest BCUT2D eigenvalue weighted by molar-refractivity contribution is 1.12. The molecular formula is C11H15N3. The van der Waals surface area contributed by atoms with Crippen molar-refractivity contribution >= 4 is 11.8 Å². The molecule has 1 aromatic rings. The van der Waals surface area contributed by atoms with Gasteiger partial charge in [-0.2, -0.15) is 0 Å². The van der Waals surface area contributed by atoms with Gasteiger partial charge in [-0.15, -0.1) is 0 Å². The van der Waals surface area contributed by atoms with E-state index < -0.39 is 0 Å². The number of rotatable bonds is 3. The van der Waals surface area contributed by atoms with E-state index in [0.717, 1.165) is 22.5 Å². The number of nitrogens with two attached hydrogens (primary N) is 1. The van der Waals surface area contributed by atoms with Crippen molar-refractivity contribution in [3.63, 3.8) is 0 Å². The first kappa shape index (κ1) is 10.3. The van der Waals surface area contributed by atoms with E-state index in [1.54, 1.807) is 12.4 Å². The molecule has 0 aliphatic carbocycles. The normalized spacial score (nSPS) is 11.1. The second-order valence-corrected chi connectivity index (χ2v) is 3.08. The van der Waals surface area contributed by atoms with Gasteiger partial charge in [-0.1, -0.05) is 6.58 Å². The van der Waals surface area contributed by atoms with Crippen molar-refractivity contribution in [2.75, 3.05) is 7.05 Å². The Kier molecular flexibility index (Phi) is 3.29. The summed E-state index contributed by atoms with van der Waals surface area (Å²) in [6.07, 6.45) is 5.39. The number of hydrogen-bond acceptors (Lipinski definition) is 3. The van der Waals surface area contributed by atoms with Gasteiger partial charge in [-0.3, -0.25) is 4.98 Å². The molecule has 0 aliphatic rings. The van der Waals surface area contributed by atoms with Gasteiger partial charge in [0.15, 0.2) is 0 Å². The molecule has 0 aliphatic heterocycles. The molecule has 1 rings (SSSR count). The predicted octanol–water partition coefficient (Wildman–Crippen LogP) is 1.59. The molecule has 0 spiro atoms. The van der Waals surface area contributed by atoms with Gasteiger partial charge < -0.3 is 11.1 Å². The van der Waals surface area contributed by atoms with Crippen LogP contribution in [0.25, 0.3) is 11.8 Å². The Morgan fingerprint density at radius 1 is 1.64 bits per heavy atom. The minimum absolute atomic E-state index is 0.753. The van der Waals surface area contributed by atoms with E-state index in [0.29, 0.717) is 0 Å². The van der Waals surface area contributed by atoms with Gasteiger partial charge in [-0.05, 0) is 19.1 Å². The van der Waals surface area contributed by atoms with Crippen LogP contribution in [-0.4, -0.2) is 12.0 Å². The Morgan fingerprint density at radius 2 is 2.36 bits per heavy atom. The van der Waals surface area contributed by atoms with Gasteiger partial charge in [0.2, 0.25) is 0 Å². The topological polar surface area (TPSA) is 50.9 Å². The van der Waals surface area contributed by atoms with Crippen LogP contribution in [0.3, 0.4) is 0 Å². The molecule has 0 amide bonds. The highest BCUT2D eigenvalue weighted by Gasteiger charge is 2.01. The first-order valence-electron chi connectivity index (χ1n) is 4.40. The summed E-state index contributed by atoms with van der Waals surface area (Å²) in [6, 6.07) is 1.91. The molecule has 3 nitrogen and oxygen atoms in total. The zero-order valence-corrected chi connectivity index (χ0v) is 8.54. The van der Waals surface area contributed by atoms with E-state index in [2.05, 4.69) is 16.9 Å². The van der Waals surface area contributed by atoms with E-state index in [4.69, 9.17) is 5.73 Å². The smallest absolute Gasteiger partial charge is 0.0347 e. The lowest BCUT2D eigenvalue weighted by Gasteiger charge is -2.08. The molecule has 0 unspecified atom stereocenters. The summed E-state index contributed by atoms with van der Waals surface area (Å²) in [5.41, 5.74) is 9.23. The number of allylic oxidation sites excluding steroid dienone is 1. The number of pyridine rings is 1. The fourth-order valence-electron chi connectivity index (χ4n) is 1.18. The molecular weight excluding hydrogens is 174 g/mol. The molecule has 0 aromatic carbocycles. The molecule has 1 aromatic heterocycles. The van der Waals surface area contributed by atoms with E-state index in [-0.39, 0.29) is 0 Å². The molecule has 14 heavy (non-hydrogen) atoms. The van der Waals surface area contributed by atoms with Crippen LogP contribution in [0.5, 0.6) is 0 Å². The Bertz CT molecular complexity index is 363. The van der Waals surface area contributed by atoms with Crippen molar-refractivity contribution in [3.05, 3.63) is 41.9 Å². The van der Waals surface area contributed by atoms with Crippen molar-refractivity contribution < 1.29 is 0 Å². The van der Waals surface area contributed by atoms with Crippen molar-refractivity contribution in [2.24, 2.45) is 5.73 Å². The van der Waals surface area contributed by atoms with Gasteiger partial charge in [-0.25, -0.2) is 0 Å². The minimum Gasteiger partial charge on any atom is -0.402 e. The second-order valence-electron chi connectivity index (χ2n) is 3.08. The van der Waals surface area contributed by atoms with E-state index in [1.807, 2.05) is 26.1 Å². The Hall–Kier alpha value is -1.77. The maximum Gasteiger partial charge on any atom is 0.0347 e. The highest BCUT2D eigenvalue weighted by Crippen LogP contribution is 2.16. The van der Waals surface area contributed by atoms with Gasteiger partial charge in [0.25, 0.3) is 0 Å². The monoisotopic (exact) mass is 189 g/mol. The summed E-state index contributed by atoms with van der Waals surface area (Å²) in [6.45, 7) is 5.75. The fraction of sp³-hybridized carbons (Fsp3) is 0.182. The lowest BCUT2D eigenvalue weighted by Crippen LogP contribution is -2.05. The molecule has 3 heteroatoms. The SMILES string of the molecule is C=C(NC)c1ccncc1/C=C(\C)N. The Morgan fingerprint density at radius 3 is 2.93 bits per heavy atom. The first-order valence-corrected chi connectivity index (χ1v) is 4.40. The fourth-order valence-corrected chi connectivity index (χ4v) is 1.18. The van der Waals surface area contributed by atoms with Crippen molar-refractivity contribution in [2.45, 2.75) is 6.92 Å². The van der Waals surface area contributed by atoms with Crippen LogP contribution in [-0.2, 0) is 0 Å². The van der Waals surface area contributed by atoms with Crippen LogP contribution in [0, 0.1) is 0 Å². The Labute approximate surface area is 84.4 Å². The molecule has 0 saturated carbocycles. The summed E-state index contributed by atoms with van der Waals surface area (Å²) >= 11 is 0. The molecule has 1 heterocycles. The Balaban J connectivity index is 3.16. The summed E-state index contributed by atoms with van der Waals surface area (Å²) in [7, 11) is 1.84. The van der Waals surface area contributed by atoms with Crippen LogP contribution < -0.4 is 11.1 Å². The van der Waals surface area contributed by atoms with Crippen LogP contribution in [0.2, 0.25) is 0 Å². The third-order valence-electron chi connectivity index (χ3n) is 1.86. The summed E-state index contributed by atoms with van der Waals surface area (Å²) in [4.78, 5) is 4.05. The number of hydrogen-bond donors (Lipinski definition) is 2. The molecule has 0 saturated heterocycles. The highest BCUT2D eigenvalue weighted by atomic mass is 14.8. The van der Waals surface area contributed by atoms with Gasteiger partial charge in [0.1, 0.15) is 0 Å². The van der Waals surface area contributed by atoms with E-state index in [1.165, 1.54) is 0 Å². The zero-order chi connectivity index (χ0) is 10.6. The number of aromatic nitrogens is 1. The molecule has 3 N–H and O–H groups in total. The third-order valence-corrected chi connectivity index (χ3v) is 1.86. The number of nitrogens with one attached hydrogen (secondary N) is 1. The first-order chi connectivity index (χ1) is 6.65. The van der Waals surface area contributed by atoms with Gasteiger partial charge in [0, 0.05) is 42.0 Å². The van der Waals surface area contributed by atoms with E-state index >= 15 is 0 Å². The quantitative estimate of drug-likeness (QED) is 0.759. The second kappa shape index (κ2) is 4.46. The van der Waals surface area contributed by atoms with Crippen LogP contribution in [0.4, 0.5) is 0 Å². The summed E-state index contributed by atoms with van der Waals surface area (Å²) in [5.74, 6) is 0. The van der Waals surface area contributed by atoms with Gasteiger partial charge in [0.05, 0.1) is 0 Å². The molecule has 0 radical (unpaired) electrons. The van der Waals surface area contributed by atoms with Crippen LogP contribution >= 0.6 is 0 Å². The molecule has 0 atom stereocenters. The predicted molar refractivity (Wildman–Crippen MR) is 60.2 cm³/mol. The molecule has 0 bridgehead atoms. The standard InChI is InChI=1S/C11H15N3/c1-8(12)6-10-7-14-5-4-11(10)9(2)13-3/h4-7,13H,2,12H2,1,3H3/b8-6+. The third kappa shape index (κ3) is 2.36.